The van der Waals surface area contributed by atoms with Crippen molar-refractivity contribution in [1.29, 1.82) is 0 Å². The molecule has 0 saturated carbocycles. The molecule has 0 spiro atoms. The van der Waals surface area contributed by atoms with E-state index in [1.807, 2.05) is 13.0 Å². The molecule has 0 amide bonds. The van der Waals surface area contributed by atoms with E-state index in [1.165, 1.54) is 33.5 Å². The van der Waals surface area contributed by atoms with Gasteiger partial charge in [0.15, 0.2) is 0 Å². The number of hydrogen-bond acceptors (Lipinski definition) is 6. The van der Waals surface area contributed by atoms with Crippen LogP contribution in [0.25, 0.3) is 0 Å². The van der Waals surface area contributed by atoms with Crippen LogP contribution in [0, 0.1) is 13.8 Å². The van der Waals surface area contributed by atoms with Crippen LogP contribution in [0.5, 0.6) is 17.2 Å². The smallest absolute Gasteiger partial charge is 0.236 e. The lowest BCUT2D eigenvalue weighted by molar-refractivity contribution is 0.103. The van der Waals surface area contributed by atoms with Gasteiger partial charge in [-0.2, -0.15) is 0 Å². The van der Waals surface area contributed by atoms with Gasteiger partial charge in [0.05, 0.1) is 21.3 Å². The second kappa shape index (κ2) is 9.48. The Labute approximate surface area is 177 Å². The fourth-order valence-electron chi connectivity index (χ4n) is 3.45. The summed E-state index contributed by atoms with van der Waals surface area (Å²) >= 11 is 0. The topological polar surface area (TPSA) is 78.9 Å². The Morgan fingerprint density at radius 1 is 0.900 bits per heavy atom. The molecule has 0 aromatic heterocycles. The summed E-state index contributed by atoms with van der Waals surface area (Å²) in [6.45, 7) is 7.04. The van der Waals surface area contributed by atoms with Crippen LogP contribution in [0.1, 0.15) is 52.1 Å². The normalized spacial score (nSPS) is 13.8. The molecule has 2 atom stereocenters. The first-order chi connectivity index (χ1) is 14.2. The van der Waals surface area contributed by atoms with Gasteiger partial charge >= 0.3 is 0 Å². The summed E-state index contributed by atoms with van der Waals surface area (Å²) in [5.74, 6) is 0.711. The fourth-order valence-corrected chi connectivity index (χ4v) is 6.19. The Morgan fingerprint density at radius 3 is 1.77 bits per heavy atom. The van der Waals surface area contributed by atoms with Crippen LogP contribution in [0.2, 0.25) is 0 Å². The summed E-state index contributed by atoms with van der Waals surface area (Å²) in [4.78, 5) is 27.4. The van der Waals surface area contributed by atoms with Crippen molar-refractivity contribution in [3.05, 3.63) is 52.6 Å². The van der Waals surface area contributed by atoms with Crippen molar-refractivity contribution in [3.8, 4) is 17.2 Å². The SMILES string of the molecule is CCC(C)P(=O)(C(=O)c1c(C)cccc1C)C(=O)c1c(OC)cc(OC)cc1OC. The van der Waals surface area contributed by atoms with Crippen molar-refractivity contribution in [3.63, 3.8) is 0 Å². The zero-order valence-corrected chi connectivity index (χ0v) is 19.5. The summed E-state index contributed by atoms with van der Waals surface area (Å²) < 4.78 is 30.3. The van der Waals surface area contributed by atoms with Crippen molar-refractivity contribution < 1.29 is 28.4 Å². The minimum Gasteiger partial charge on any atom is -0.496 e. The number of methoxy groups -OCH3 is 3. The van der Waals surface area contributed by atoms with E-state index >= 15 is 0 Å². The summed E-state index contributed by atoms with van der Waals surface area (Å²) in [5.41, 5.74) is -0.342. The maximum absolute atomic E-state index is 14.3. The Kier molecular flexibility index (Phi) is 7.49. The van der Waals surface area contributed by atoms with Gasteiger partial charge in [0.25, 0.3) is 0 Å². The van der Waals surface area contributed by atoms with Gasteiger partial charge in [-0.3, -0.25) is 9.59 Å². The van der Waals surface area contributed by atoms with Gasteiger partial charge in [-0.05, 0) is 31.4 Å². The van der Waals surface area contributed by atoms with E-state index in [4.69, 9.17) is 14.2 Å². The number of benzene rings is 2. The molecule has 0 aliphatic carbocycles. The monoisotopic (exact) mass is 432 g/mol. The van der Waals surface area contributed by atoms with Crippen LogP contribution in [0.15, 0.2) is 30.3 Å². The Hall–Kier alpha value is -2.59. The molecule has 2 rings (SSSR count). The van der Waals surface area contributed by atoms with Crippen molar-refractivity contribution in [2.45, 2.75) is 39.8 Å². The number of aryl methyl sites for hydroxylation is 2. The van der Waals surface area contributed by atoms with Gasteiger partial charge in [0.2, 0.25) is 18.2 Å². The highest BCUT2D eigenvalue weighted by molar-refractivity contribution is 7.96. The van der Waals surface area contributed by atoms with Crippen LogP contribution >= 0.6 is 7.14 Å². The molecule has 2 unspecified atom stereocenters. The second-order valence-electron chi connectivity index (χ2n) is 7.20. The predicted molar refractivity (Wildman–Crippen MR) is 118 cm³/mol. The standard InChI is InChI=1S/C23H29O6P/c1-8-16(4)30(26,22(24)20-14(2)10-9-11-15(20)3)23(25)21-18(28-6)12-17(27-5)13-19(21)29-7/h9-13,16H,8H2,1-7H3. The quantitative estimate of drug-likeness (QED) is 0.489. The highest BCUT2D eigenvalue weighted by atomic mass is 31.2. The molecule has 30 heavy (non-hydrogen) atoms. The maximum Gasteiger partial charge on any atom is 0.236 e. The number of carbonyl (C=O) groups is 2. The molecular formula is C23H29O6P. The first-order valence-electron chi connectivity index (χ1n) is 9.72. The van der Waals surface area contributed by atoms with Crippen LogP contribution in [0.3, 0.4) is 0 Å². The number of hydrogen-bond donors (Lipinski definition) is 0. The summed E-state index contributed by atoms with van der Waals surface area (Å²) in [7, 11) is 0.194. The molecule has 0 heterocycles. The van der Waals surface area contributed by atoms with Crippen LogP contribution in [-0.4, -0.2) is 38.0 Å². The molecule has 0 saturated heterocycles. The van der Waals surface area contributed by atoms with E-state index in [9.17, 15) is 14.2 Å². The Balaban J connectivity index is 2.79. The molecule has 0 radical (unpaired) electrons. The molecule has 2 aromatic rings. The van der Waals surface area contributed by atoms with Crippen LogP contribution in [-0.2, 0) is 4.57 Å². The van der Waals surface area contributed by atoms with E-state index in [-0.39, 0.29) is 17.1 Å². The lowest BCUT2D eigenvalue weighted by atomic mass is 10.0. The van der Waals surface area contributed by atoms with Crippen LogP contribution in [0.4, 0.5) is 0 Å². The highest BCUT2D eigenvalue weighted by Crippen LogP contribution is 2.59. The number of rotatable bonds is 9. The minimum absolute atomic E-state index is 0.0102. The van der Waals surface area contributed by atoms with E-state index in [1.54, 1.807) is 32.9 Å². The third kappa shape index (κ3) is 4.01. The van der Waals surface area contributed by atoms with Crippen molar-refractivity contribution in [2.75, 3.05) is 21.3 Å². The molecule has 6 nitrogen and oxygen atoms in total. The summed E-state index contributed by atoms with van der Waals surface area (Å²) in [6.07, 6.45) is 0.403. The van der Waals surface area contributed by atoms with Gasteiger partial charge in [-0.1, -0.05) is 32.0 Å². The Bertz CT molecular complexity index is 965. The van der Waals surface area contributed by atoms with Crippen LogP contribution < -0.4 is 14.2 Å². The molecule has 0 N–H and O–H groups in total. The minimum atomic E-state index is -4.07. The van der Waals surface area contributed by atoms with E-state index in [0.29, 0.717) is 28.9 Å². The first kappa shape index (κ1) is 23.7. The largest absolute Gasteiger partial charge is 0.496 e. The average molecular weight is 432 g/mol. The summed E-state index contributed by atoms with van der Waals surface area (Å²) in [6, 6.07) is 8.41. The van der Waals surface area contributed by atoms with Gasteiger partial charge < -0.3 is 18.8 Å². The number of carbonyl (C=O) groups excluding carboxylic acids is 2. The van der Waals surface area contributed by atoms with E-state index < -0.39 is 23.8 Å². The van der Waals surface area contributed by atoms with Gasteiger partial charge in [0, 0.05) is 23.4 Å². The molecule has 0 aliphatic heterocycles. The molecular weight excluding hydrogens is 403 g/mol. The zero-order chi connectivity index (χ0) is 22.6. The molecule has 162 valence electrons. The number of ether oxygens (including phenoxy) is 3. The molecule has 7 heteroatoms. The van der Waals surface area contributed by atoms with E-state index in [2.05, 4.69) is 0 Å². The highest BCUT2D eigenvalue weighted by Gasteiger charge is 2.47. The fraction of sp³-hybridized carbons (Fsp3) is 0.391. The average Bonchev–Trinajstić information content (AvgIpc) is 2.75. The van der Waals surface area contributed by atoms with Crippen molar-refractivity contribution in [2.24, 2.45) is 0 Å². The summed E-state index contributed by atoms with van der Waals surface area (Å²) in [5, 5.41) is 0. The van der Waals surface area contributed by atoms with E-state index in [0.717, 1.165) is 0 Å². The van der Waals surface area contributed by atoms with Crippen molar-refractivity contribution in [1.82, 2.24) is 0 Å². The third-order valence-electron chi connectivity index (χ3n) is 5.44. The predicted octanol–water partition coefficient (Wildman–Crippen LogP) is 5.47. The first-order valence-corrected chi connectivity index (χ1v) is 11.5. The maximum atomic E-state index is 14.3. The lowest BCUT2D eigenvalue weighted by Crippen LogP contribution is -2.21. The molecule has 0 aliphatic rings. The molecule has 0 bridgehead atoms. The van der Waals surface area contributed by atoms with Crippen molar-refractivity contribution >= 4 is 18.2 Å². The van der Waals surface area contributed by atoms with Gasteiger partial charge in [0.1, 0.15) is 22.8 Å². The second-order valence-corrected chi connectivity index (χ2v) is 10.2. The molecule has 0 fully saturated rings. The lowest BCUT2D eigenvalue weighted by Gasteiger charge is -2.25. The zero-order valence-electron chi connectivity index (χ0n) is 18.6. The third-order valence-corrected chi connectivity index (χ3v) is 8.70. The molecule has 2 aromatic carbocycles. The Morgan fingerprint density at radius 2 is 1.37 bits per heavy atom. The van der Waals surface area contributed by atoms with Gasteiger partial charge in [-0.25, -0.2) is 0 Å². The van der Waals surface area contributed by atoms with Gasteiger partial charge in [-0.15, -0.1) is 0 Å².